The van der Waals surface area contributed by atoms with Crippen molar-refractivity contribution >= 4 is 85.0 Å². The molecule has 0 spiro atoms. The van der Waals surface area contributed by atoms with Crippen LogP contribution in [0.5, 0.6) is 0 Å². The summed E-state index contributed by atoms with van der Waals surface area (Å²) >= 11 is 0. The molecule has 5 aromatic carbocycles. The summed E-state index contributed by atoms with van der Waals surface area (Å²) in [4.78, 5) is 12.2. The van der Waals surface area contributed by atoms with E-state index in [9.17, 15) is 56.7 Å². The second kappa shape index (κ2) is 19.6. The van der Waals surface area contributed by atoms with Crippen LogP contribution in [0.1, 0.15) is 75.9 Å². The highest BCUT2D eigenvalue weighted by Crippen LogP contribution is 2.52. The molecule has 74 heavy (non-hydrogen) atoms. The van der Waals surface area contributed by atoms with Crippen molar-refractivity contribution in [3.05, 3.63) is 131 Å². The van der Waals surface area contributed by atoms with E-state index in [0.29, 0.717) is 78.6 Å². The van der Waals surface area contributed by atoms with Crippen LogP contribution in [0, 0.1) is 6.92 Å². The molecule has 0 saturated heterocycles. The highest BCUT2D eigenvalue weighted by atomic mass is 32.2. The molecule has 0 fully saturated rings. The van der Waals surface area contributed by atoms with Crippen LogP contribution >= 0.6 is 0 Å². The maximum absolute atomic E-state index is 12.9. The number of aromatic nitrogens is 4. The fourth-order valence-electron chi connectivity index (χ4n) is 9.95. The number of anilines is 1. The van der Waals surface area contributed by atoms with Crippen molar-refractivity contribution in [3.63, 3.8) is 0 Å². The van der Waals surface area contributed by atoms with E-state index in [1.54, 1.807) is 44.3 Å². The Balaban J connectivity index is 1.05. The first-order valence-corrected chi connectivity index (χ1v) is 28.7. The van der Waals surface area contributed by atoms with E-state index < -0.39 is 70.9 Å². The number of aryl methyl sites for hydroxylation is 1. The first-order valence-electron chi connectivity index (χ1n) is 23.0. The summed E-state index contributed by atoms with van der Waals surface area (Å²) in [5.41, 5.74) is 3.59. The lowest BCUT2D eigenvalue weighted by molar-refractivity contribution is -0.401. The summed E-state index contributed by atoms with van der Waals surface area (Å²) in [5, 5.41) is 19.4. The van der Waals surface area contributed by atoms with Gasteiger partial charge < -0.3 is 10.2 Å². The van der Waals surface area contributed by atoms with Gasteiger partial charge in [0.05, 0.1) is 15.2 Å². The predicted octanol–water partition coefficient (Wildman–Crippen LogP) is 7.21. The van der Waals surface area contributed by atoms with Gasteiger partial charge in [0.2, 0.25) is 17.4 Å². The maximum atomic E-state index is 12.9. The standard InChI is InChI=1S/C50H51N7O13S4/c1-30-52-54-48(55-53-30)32-18-16-31(17-19-32)29-51-45(58)15-11-8-12-24-57-40-23-21-36-38(26-34(72(62,63)64)28-42(36)74(68,69)70)47(40)50(4,5)44(57)14-10-7-9-13-43-49(2,3)46-37-25-33(71(59,60)61)27-41(73(65,66)67)35(37)20-22-39(46)56(43)6/h7,9-10,13-14,16-23,25-28H,8,11-12,15,24,29H2,1-6H3,(H4-,51,58,59,60,61,62,63,64,65,66,67,68,69,70)/p+1. The smallest absolute Gasteiger partial charge is 0.295 e. The average molecular weight is 1090 g/mol. The van der Waals surface area contributed by atoms with Crippen molar-refractivity contribution in [2.45, 2.75) is 97.3 Å². The van der Waals surface area contributed by atoms with Crippen LogP contribution < -0.4 is 10.2 Å². The highest BCUT2D eigenvalue weighted by molar-refractivity contribution is 7.87. The van der Waals surface area contributed by atoms with Gasteiger partial charge in [0.25, 0.3) is 40.5 Å². The average Bonchev–Trinajstić information content (AvgIpc) is 3.66. The van der Waals surface area contributed by atoms with E-state index in [4.69, 9.17) is 0 Å². The Labute approximate surface area is 428 Å². The fraction of sp³-hybridized carbons (Fsp3) is 0.280. The Kier molecular flexibility index (Phi) is 14.2. The van der Waals surface area contributed by atoms with Crippen LogP contribution in [0.2, 0.25) is 0 Å². The zero-order valence-electron chi connectivity index (χ0n) is 40.8. The summed E-state index contributed by atoms with van der Waals surface area (Å²) in [6.07, 6.45) is 11.1. The molecule has 1 aromatic heterocycles. The number of hydrogen-bond donors (Lipinski definition) is 5. The van der Waals surface area contributed by atoms with Gasteiger partial charge in [-0.3, -0.25) is 23.0 Å². The largest absolute Gasteiger partial charge is 0.352 e. The van der Waals surface area contributed by atoms with Crippen molar-refractivity contribution < 1.29 is 61.3 Å². The van der Waals surface area contributed by atoms with Crippen LogP contribution in [0.3, 0.4) is 0 Å². The third-order valence-corrected chi connectivity index (χ3v) is 16.8. The molecule has 5 N–H and O–H groups in total. The van der Waals surface area contributed by atoms with Crippen LogP contribution in [0.15, 0.2) is 128 Å². The lowest BCUT2D eigenvalue weighted by atomic mass is 9.79. The van der Waals surface area contributed by atoms with E-state index in [-0.39, 0.29) is 33.9 Å². The molecule has 0 atom stereocenters. The molecule has 0 bridgehead atoms. The number of carbonyl (C=O) groups excluding carboxylic acids is 1. The normalized spacial score (nSPS) is 16.3. The second-order valence-electron chi connectivity index (χ2n) is 19.0. The number of amides is 1. The van der Waals surface area contributed by atoms with E-state index in [2.05, 4.69) is 25.7 Å². The number of unbranched alkanes of at least 4 members (excludes halogenated alkanes) is 2. The molecule has 24 heteroatoms. The van der Waals surface area contributed by atoms with Crippen LogP contribution in [0.4, 0.5) is 11.4 Å². The van der Waals surface area contributed by atoms with Crippen LogP contribution in [0.25, 0.3) is 32.9 Å². The van der Waals surface area contributed by atoms with E-state index in [1.165, 1.54) is 24.3 Å². The van der Waals surface area contributed by atoms with Gasteiger partial charge in [0, 0.05) is 70.4 Å². The highest BCUT2D eigenvalue weighted by Gasteiger charge is 2.45. The number of nitrogens with zero attached hydrogens (tertiary/aromatic N) is 6. The minimum Gasteiger partial charge on any atom is -0.352 e. The Morgan fingerprint density at radius 3 is 1.78 bits per heavy atom. The zero-order valence-corrected chi connectivity index (χ0v) is 44.1. The molecule has 20 nitrogen and oxygen atoms in total. The molecular weight excluding hydrogens is 1030 g/mol. The lowest BCUT2D eigenvalue weighted by Crippen LogP contribution is -2.27. The number of benzene rings is 5. The van der Waals surface area contributed by atoms with E-state index >= 15 is 0 Å². The van der Waals surface area contributed by atoms with Crippen molar-refractivity contribution in [3.8, 4) is 11.4 Å². The summed E-state index contributed by atoms with van der Waals surface area (Å²) in [7, 11) is -17.9. The molecule has 1 amide bonds. The predicted molar refractivity (Wildman–Crippen MR) is 276 cm³/mol. The number of carbonyl (C=O) groups is 1. The molecule has 8 rings (SSSR count). The molecular formula is C50H52N7O13S4+. The summed E-state index contributed by atoms with van der Waals surface area (Å²) in [5.74, 6) is 0.714. The third kappa shape index (κ3) is 10.5. The molecule has 0 unspecified atom stereocenters. The van der Waals surface area contributed by atoms with Gasteiger partial charge >= 0.3 is 0 Å². The molecule has 6 aromatic rings. The topological polar surface area (TPSA) is 304 Å². The number of allylic oxidation sites excluding steroid dienone is 6. The van der Waals surface area contributed by atoms with Crippen molar-refractivity contribution in [1.82, 2.24) is 25.7 Å². The molecule has 388 valence electrons. The molecule has 0 radical (unpaired) electrons. The molecule has 3 heterocycles. The molecule has 2 aliphatic rings. The Morgan fingerprint density at radius 2 is 1.22 bits per heavy atom. The minimum atomic E-state index is -4.98. The van der Waals surface area contributed by atoms with Crippen LogP contribution in [-0.4, -0.2) is 102 Å². The van der Waals surface area contributed by atoms with Gasteiger partial charge in [0.15, 0.2) is 11.5 Å². The van der Waals surface area contributed by atoms with Gasteiger partial charge in [-0.25, -0.2) is 0 Å². The Morgan fingerprint density at radius 1 is 0.649 bits per heavy atom. The van der Waals surface area contributed by atoms with E-state index in [0.717, 1.165) is 22.5 Å². The summed E-state index contributed by atoms with van der Waals surface area (Å²) in [6, 6.07) is 17.4. The van der Waals surface area contributed by atoms with Crippen molar-refractivity contribution in [2.24, 2.45) is 0 Å². The second-order valence-corrected chi connectivity index (χ2v) is 24.7. The van der Waals surface area contributed by atoms with E-state index in [1.807, 2.05) is 73.6 Å². The minimum absolute atomic E-state index is 0.0424. The fourth-order valence-corrected chi connectivity index (χ4v) is 12.6. The number of rotatable bonds is 16. The van der Waals surface area contributed by atoms with Crippen molar-refractivity contribution in [2.75, 3.05) is 18.5 Å². The van der Waals surface area contributed by atoms with Crippen LogP contribution in [-0.2, 0) is 62.6 Å². The first kappa shape index (κ1) is 53.6. The van der Waals surface area contributed by atoms with Gasteiger partial charge in [-0.2, -0.15) is 38.2 Å². The molecule has 2 aliphatic heterocycles. The maximum Gasteiger partial charge on any atom is 0.295 e. The number of fused-ring (bicyclic) bond motifs is 6. The Hall–Kier alpha value is -6.64. The third-order valence-electron chi connectivity index (χ3n) is 13.4. The molecule has 0 aliphatic carbocycles. The van der Waals surface area contributed by atoms with Gasteiger partial charge in [-0.05, 0) is 98.0 Å². The summed E-state index contributed by atoms with van der Waals surface area (Å²) in [6.45, 7) is 9.91. The van der Waals surface area contributed by atoms with Gasteiger partial charge in [-0.15, -0.1) is 20.4 Å². The quantitative estimate of drug-likeness (QED) is 0.0277. The van der Waals surface area contributed by atoms with Gasteiger partial charge in [-0.1, -0.05) is 68.8 Å². The van der Waals surface area contributed by atoms with Gasteiger partial charge in [0.1, 0.15) is 16.8 Å². The lowest BCUT2D eigenvalue weighted by Gasteiger charge is -2.27. The first-order chi connectivity index (χ1) is 34.5. The molecule has 0 saturated carbocycles. The summed E-state index contributed by atoms with van der Waals surface area (Å²) < 4.78 is 142. The Bertz CT molecular complexity index is 3910. The number of nitrogens with one attached hydrogen (secondary N) is 1. The monoisotopic (exact) mass is 1090 g/mol. The number of hydrogen-bond acceptors (Lipinski definition) is 14. The SMILES string of the molecule is Cc1nnc(-c2ccc(CNC(=O)CCCCCN3/C(=C/C=C/C=C/C4=[N+](C)c5ccc6c(S(=O)(=O)O)cc(S(=O)(=O)O)cc6c5C4(C)C)C(C)(C)c4c3ccc3c(S(=O)(=O)O)cc(S(=O)(=O)O)cc43)cc2)nn1. The van der Waals surface area contributed by atoms with Crippen molar-refractivity contribution in [1.29, 1.82) is 0 Å². The zero-order chi connectivity index (χ0) is 53.9.